The lowest BCUT2D eigenvalue weighted by Crippen LogP contribution is -2.36. The van der Waals surface area contributed by atoms with Crippen molar-refractivity contribution in [3.63, 3.8) is 0 Å². The summed E-state index contributed by atoms with van der Waals surface area (Å²) in [5.74, 6) is 1.14. The fourth-order valence-corrected chi connectivity index (χ4v) is 3.26. The number of hydrogen-bond donors (Lipinski definition) is 3. The number of hydrogen-bond acceptors (Lipinski definition) is 3. The van der Waals surface area contributed by atoms with Gasteiger partial charge in [-0.05, 0) is 54.1 Å². The Morgan fingerprint density at radius 3 is 2.34 bits per heavy atom. The van der Waals surface area contributed by atoms with Crippen molar-refractivity contribution >= 4 is 47.6 Å². The van der Waals surface area contributed by atoms with Crippen molar-refractivity contribution < 1.29 is 9.18 Å². The predicted octanol–water partition coefficient (Wildman–Crippen LogP) is 3.92. The van der Waals surface area contributed by atoms with E-state index in [-0.39, 0.29) is 35.7 Å². The van der Waals surface area contributed by atoms with E-state index in [2.05, 4.69) is 20.9 Å². The molecular formula is C21H28FIN4OS. The summed E-state index contributed by atoms with van der Waals surface area (Å²) < 4.78 is 13.5. The highest BCUT2D eigenvalue weighted by molar-refractivity contribution is 14.0. The molecule has 0 unspecified atom stereocenters. The molecule has 0 aromatic heterocycles. The average molecular weight is 530 g/mol. The summed E-state index contributed by atoms with van der Waals surface area (Å²) in [5, 5.41) is 9.30. The number of nitrogens with one attached hydrogen (secondary N) is 3. The molecule has 2 rings (SSSR count). The van der Waals surface area contributed by atoms with Crippen LogP contribution in [0.15, 0.2) is 47.5 Å². The van der Waals surface area contributed by atoms with E-state index in [4.69, 9.17) is 0 Å². The van der Waals surface area contributed by atoms with Crippen LogP contribution in [0.2, 0.25) is 0 Å². The van der Waals surface area contributed by atoms with Crippen LogP contribution in [0.25, 0.3) is 0 Å². The maximum atomic E-state index is 13.5. The molecule has 0 saturated carbocycles. The van der Waals surface area contributed by atoms with Gasteiger partial charge in [0.15, 0.2) is 5.96 Å². The number of rotatable bonds is 8. The second-order valence-corrected chi connectivity index (χ2v) is 7.05. The van der Waals surface area contributed by atoms with Gasteiger partial charge < -0.3 is 16.0 Å². The average Bonchev–Trinajstić information content (AvgIpc) is 2.70. The smallest absolute Gasteiger partial charge is 0.251 e. The molecule has 2 aromatic carbocycles. The van der Waals surface area contributed by atoms with Gasteiger partial charge in [-0.1, -0.05) is 18.2 Å². The number of nitrogens with zero attached hydrogens (tertiary/aromatic N) is 1. The first kappa shape index (κ1) is 25.2. The third-order valence-corrected chi connectivity index (χ3v) is 4.75. The molecule has 0 fully saturated rings. The maximum absolute atomic E-state index is 13.5. The van der Waals surface area contributed by atoms with E-state index in [1.165, 1.54) is 6.07 Å². The summed E-state index contributed by atoms with van der Waals surface area (Å²) in [6.07, 6.45) is 2.00. The molecule has 2 aromatic rings. The van der Waals surface area contributed by atoms with Crippen molar-refractivity contribution in [2.75, 3.05) is 19.8 Å². The standard InChI is InChI=1S/C21H27FN4OS.HI/c1-4-24-20(27)16-7-5-15(6-8-16)12-25-21(23-2)26-13-17-9-10-19(22)11-18(17)14-28-3;/h5-11H,4,12-14H2,1-3H3,(H,24,27)(H2,23,25,26);1H. The number of halogens is 2. The zero-order chi connectivity index (χ0) is 20.4. The van der Waals surface area contributed by atoms with Crippen molar-refractivity contribution in [1.82, 2.24) is 16.0 Å². The normalized spacial score (nSPS) is 10.8. The van der Waals surface area contributed by atoms with Gasteiger partial charge in [-0.3, -0.25) is 9.79 Å². The van der Waals surface area contributed by atoms with Gasteiger partial charge in [0.2, 0.25) is 0 Å². The van der Waals surface area contributed by atoms with Gasteiger partial charge in [-0.25, -0.2) is 4.39 Å². The van der Waals surface area contributed by atoms with Gasteiger partial charge in [0, 0.05) is 38.0 Å². The fourth-order valence-electron chi connectivity index (χ4n) is 2.68. The van der Waals surface area contributed by atoms with E-state index in [1.54, 1.807) is 30.9 Å². The Morgan fingerprint density at radius 2 is 1.72 bits per heavy atom. The lowest BCUT2D eigenvalue weighted by Gasteiger charge is -2.14. The Hall–Kier alpha value is -1.81. The van der Waals surface area contributed by atoms with Crippen LogP contribution in [0.3, 0.4) is 0 Å². The maximum Gasteiger partial charge on any atom is 0.251 e. The topological polar surface area (TPSA) is 65.5 Å². The van der Waals surface area contributed by atoms with Crippen LogP contribution < -0.4 is 16.0 Å². The number of carbonyl (C=O) groups is 1. The van der Waals surface area contributed by atoms with Crippen LogP contribution in [0, 0.1) is 5.82 Å². The van der Waals surface area contributed by atoms with Gasteiger partial charge in [0.25, 0.3) is 5.91 Å². The van der Waals surface area contributed by atoms with Gasteiger partial charge in [-0.2, -0.15) is 11.8 Å². The molecule has 3 N–H and O–H groups in total. The second kappa shape index (κ2) is 13.4. The molecule has 0 spiro atoms. The van der Waals surface area contributed by atoms with Crippen LogP contribution in [0.4, 0.5) is 4.39 Å². The van der Waals surface area contributed by atoms with Crippen LogP contribution >= 0.6 is 35.7 Å². The minimum absolute atomic E-state index is 0. The van der Waals surface area contributed by atoms with Crippen LogP contribution in [0.5, 0.6) is 0 Å². The molecule has 158 valence electrons. The zero-order valence-corrected chi connectivity index (χ0v) is 20.1. The van der Waals surface area contributed by atoms with E-state index >= 15 is 0 Å². The first-order chi connectivity index (χ1) is 13.6. The van der Waals surface area contributed by atoms with Crippen molar-refractivity contribution in [2.24, 2.45) is 4.99 Å². The van der Waals surface area contributed by atoms with E-state index < -0.39 is 0 Å². The van der Waals surface area contributed by atoms with Crippen LogP contribution in [0.1, 0.15) is 34.0 Å². The zero-order valence-electron chi connectivity index (χ0n) is 16.9. The number of carbonyl (C=O) groups excluding carboxylic acids is 1. The summed E-state index contributed by atoms with van der Waals surface area (Å²) >= 11 is 1.66. The monoisotopic (exact) mass is 530 g/mol. The van der Waals surface area contributed by atoms with Gasteiger partial charge in [-0.15, -0.1) is 24.0 Å². The van der Waals surface area contributed by atoms with E-state index in [9.17, 15) is 9.18 Å². The third kappa shape index (κ3) is 8.22. The number of guanidine groups is 1. The fraction of sp³-hybridized carbons (Fsp3) is 0.333. The van der Waals surface area contributed by atoms with Crippen LogP contribution in [-0.4, -0.2) is 31.7 Å². The molecule has 5 nitrogen and oxygen atoms in total. The molecule has 0 heterocycles. The van der Waals surface area contributed by atoms with Gasteiger partial charge in [0.05, 0.1) is 0 Å². The number of benzene rings is 2. The minimum Gasteiger partial charge on any atom is -0.352 e. The summed E-state index contributed by atoms with van der Waals surface area (Å²) in [7, 11) is 1.71. The van der Waals surface area contributed by atoms with Crippen molar-refractivity contribution in [3.05, 3.63) is 70.5 Å². The molecule has 0 radical (unpaired) electrons. The summed E-state index contributed by atoms with van der Waals surface area (Å²) in [5.41, 5.74) is 3.72. The number of amides is 1. The lowest BCUT2D eigenvalue weighted by atomic mass is 10.1. The molecule has 0 aliphatic carbocycles. The Balaban J connectivity index is 0.00000420. The summed E-state index contributed by atoms with van der Waals surface area (Å²) in [6.45, 7) is 3.64. The van der Waals surface area contributed by atoms with Gasteiger partial charge in [0.1, 0.15) is 5.82 Å². The molecule has 0 bridgehead atoms. The molecule has 1 amide bonds. The third-order valence-electron chi connectivity index (χ3n) is 4.15. The van der Waals surface area contributed by atoms with Gasteiger partial charge >= 0.3 is 0 Å². The largest absolute Gasteiger partial charge is 0.352 e. The lowest BCUT2D eigenvalue weighted by molar-refractivity contribution is 0.0956. The Labute approximate surface area is 193 Å². The number of aliphatic imine (C=N–C) groups is 1. The minimum atomic E-state index is -0.216. The molecule has 0 atom stereocenters. The highest BCUT2D eigenvalue weighted by Gasteiger charge is 2.07. The number of thioether (sulfide) groups is 1. The quantitative estimate of drug-likeness (QED) is 0.275. The Morgan fingerprint density at radius 1 is 1.03 bits per heavy atom. The van der Waals surface area contributed by atoms with Crippen molar-refractivity contribution in [2.45, 2.75) is 25.8 Å². The summed E-state index contributed by atoms with van der Waals surface area (Å²) in [6, 6.07) is 12.3. The predicted molar refractivity (Wildman–Crippen MR) is 131 cm³/mol. The van der Waals surface area contributed by atoms with E-state index in [0.29, 0.717) is 31.2 Å². The first-order valence-electron chi connectivity index (χ1n) is 9.15. The SMILES string of the molecule is CCNC(=O)c1ccc(CNC(=NC)NCc2ccc(F)cc2CSC)cc1.I. The molecule has 0 aliphatic heterocycles. The Bertz CT molecular complexity index is 815. The highest BCUT2D eigenvalue weighted by Crippen LogP contribution is 2.16. The summed E-state index contributed by atoms with van der Waals surface area (Å²) in [4.78, 5) is 16.0. The highest BCUT2D eigenvalue weighted by atomic mass is 127. The molecular weight excluding hydrogens is 502 g/mol. The molecule has 29 heavy (non-hydrogen) atoms. The second-order valence-electron chi connectivity index (χ2n) is 6.18. The first-order valence-corrected chi connectivity index (χ1v) is 10.5. The van der Waals surface area contributed by atoms with Crippen LogP contribution in [-0.2, 0) is 18.8 Å². The Kier molecular flexibility index (Phi) is 11.7. The van der Waals surface area contributed by atoms with Crippen molar-refractivity contribution in [1.29, 1.82) is 0 Å². The molecule has 0 saturated heterocycles. The van der Waals surface area contributed by atoms with E-state index in [1.807, 2.05) is 37.4 Å². The molecule has 8 heteroatoms. The molecule has 0 aliphatic rings. The van der Waals surface area contributed by atoms with E-state index in [0.717, 1.165) is 22.4 Å². The van der Waals surface area contributed by atoms with Crippen molar-refractivity contribution in [3.8, 4) is 0 Å².